The highest BCUT2D eigenvalue weighted by molar-refractivity contribution is 5.73. The number of aliphatic carboxylic acids is 1. The lowest BCUT2D eigenvalue weighted by atomic mass is 10.1. The van der Waals surface area contributed by atoms with Crippen molar-refractivity contribution < 1.29 is 14.6 Å². The molecular formula is C12H23NO3. The van der Waals surface area contributed by atoms with E-state index < -0.39 is 12.0 Å². The van der Waals surface area contributed by atoms with Crippen molar-refractivity contribution in [2.45, 2.75) is 64.1 Å². The summed E-state index contributed by atoms with van der Waals surface area (Å²) in [6, 6.07) is -0.306. The van der Waals surface area contributed by atoms with Crippen LogP contribution < -0.4 is 5.32 Å². The molecule has 1 fully saturated rings. The fourth-order valence-electron chi connectivity index (χ4n) is 2.11. The Kier molecular flexibility index (Phi) is 5.77. The lowest BCUT2D eigenvalue weighted by Gasteiger charge is -2.24. The van der Waals surface area contributed by atoms with Crippen LogP contribution in [0.5, 0.6) is 0 Å². The van der Waals surface area contributed by atoms with E-state index in [-0.39, 0.29) is 12.1 Å². The Balaban J connectivity index is 2.37. The summed E-state index contributed by atoms with van der Waals surface area (Å²) in [6.07, 6.45) is 4.98. The van der Waals surface area contributed by atoms with E-state index in [0.29, 0.717) is 6.42 Å². The lowest BCUT2D eigenvalue weighted by molar-refractivity contribution is -0.140. The number of nitrogens with one attached hydrogen (secondary N) is 1. The minimum Gasteiger partial charge on any atom is -0.480 e. The number of carboxylic acid groups (broad SMARTS) is 1. The Labute approximate surface area is 97.4 Å². The van der Waals surface area contributed by atoms with Crippen LogP contribution in [0.3, 0.4) is 0 Å². The van der Waals surface area contributed by atoms with Gasteiger partial charge in [-0.25, -0.2) is 0 Å². The molecule has 0 aromatic heterocycles. The molecule has 0 radical (unpaired) electrons. The quantitative estimate of drug-likeness (QED) is 0.698. The highest BCUT2D eigenvalue weighted by Gasteiger charge is 2.26. The van der Waals surface area contributed by atoms with Crippen LogP contribution in [-0.4, -0.2) is 35.9 Å². The smallest absolute Gasteiger partial charge is 0.320 e. The third kappa shape index (κ3) is 4.10. The molecule has 4 heteroatoms. The number of hydrogen-bond donors (Lipinski definition) is 2. The highest BCUT2D eigenvalue weighted by Crippen LogP contribution is 2.16. The summed E-state index contributed by atoms with van der Waals surface area (Å²) in [7, 11) is 0. The van der Waals surface area contributed by atoms with Crippen LogP contribution in [0.4, 0.5) is 0 Å². The Hall–Kier alpha value is -0.610. The van der Waals surface area contributed by atoms with E-state index in [9.17, 15) is 4.79 Å². The molecule has 2 N–H and O–H groups in total. The van der Waals surface area contributed by atoms with Crippen molar-refractivity contribution in [2.24, 2.45) is 0 Å². The summed E-state index contributed by atoms with van der Waals surface area (Å²) in [5, 5.41) is 12.3. The van der Waals surface area contributed by atoms with Gasteiger partial charge in [0.1, 0.15) is 6.04 Å². The number of ether oxygens (including phenoxy) is 1. The van der Waals surface area contributed by atoms with Crippen LogP contribution in [0.25, 0.3) is 0 Å². The molecule has 0 spiro atoms. The van der Waals surface area contributed by atoms with E-state index in [1.165, 1.54) is 0 Å². The van der Waals surface area contributed by atoms with Crippen molar-refractivity contribution in [3.8, 4) is 0 Å². The molecule has 1 rings (SSSR count). The highest BCUT2D eigenvalue weighted by atomic mass is 16.5. The summed E-state index contributed by atoms with van der Waals surface area (Å²) in [4.78, 5) is 11.1. The predicted molar refractivity (Wildman–Crippen MR) is 62.5 cm³/mol. The minimum atomic E-state index is -0.752. The van der Waals surface area contributed by atoms with Gasteiger partial charge in [-0.15, -0.1) is 0 Å². The first-order chi connectivity index (χ1) is 7.65. The second kappa shape index (κ2) is 6.86. The van der Waals surface area contributed by atoms with Crippen LogP contribution in [-0.2, 0) is 9.53 Å². The first-order valence-corrected chi connectivity index (χ1v) is 6.25. The molecule has 1 heterocycles. The van der Waals surface area contributed by atoms with Crippen molar-refractivity contribution in [3.63, 3.8) is 0 Å². The van der Waals surface area contributed by atoms with E-state index in [1.54, 1.807) is 0 Å². The molecule has 16 heavy (non-hydrogen) atoms. The SMILES string of the molecule is CCCCC(NC(C)C1CCCO1)C(=O)O. The summed E-state index contributed by atoms with van der Waals surface area (Å²) in [5.74, 6) is -0.752. The van der Waals surface area contributed by atoms with E-state index in [4.69, 9.17) is 9.84 Å². The number of carboxylic acids is 1. The molecule has 0 bridgehead atoms. The molecule has 0 saturated carbocycles. The minimum absolute atomic E-state index is 0.125. The zero-order valence-electron chi connectivity index (χ0n) is 10.2. The molecule has 4 nitrogen and oxygen atoms in total. The monoisotopic (exact) mass is 229 g/mol. The van der Waals surface area contributed by atoms with Crippen LogP contribution in [0.2, 0.25) is 0 Å². The van der Waals surface area contributed by atoms with Gasteiger partial charge in [0.2, 0.25) is 0 Å². The van der Waals surface area contributed by atoms with Crippen molar-refractivity contribution in [3.05, 3.63) is 0 Å². The summed E-state index contributed by atoms with van der Waals surface area (Å²) in [6.45, 7) is 4.89. The number of hydrogen-bond acceptors (Lipinski definition) is 3. The van der Waals surface area contributed by atoms with Crippen molar-refractivity contribution >= 4 is 5.97 Å². The third-order valence-electron chi connectivity index (χ3n) is 3.13. The molecule has 1 saturated heterocycles. The summed E-state index contributed by atoms with van der Waals surface area (Å²) < 4.78 is 5.54. The maximum absolute atomic E-state index is 11.1. The average molecular weight is 229 g/mol. The first kappa shape index (κ1) is 13.5. The van der Waals surface area contributed by atoms with Crippen LogP contribution in [0, 0.1) is 0 Å². The van der Waals surface area contributed by atoms with Gasteiger partial charge < -0.3 is 9.84 Å². The Morgan fingerprint density at radius 1 is 1.62 bits per heavy atom. The number of unbranched alkanes of at least 4 members (excludes halogenated alkanes) is 1. The van der Waals surface area contributed by atoms with Gasteiger partial charge in [-0.3, -0.25) is 10.1 Å². The van der Waals surface area contributed by atoms with Crippen molar-refractivity contribution in [1.29, 1.82) is 0 Å². The van der Waals surface area contributed by atoms with Gasteiger partial charge in [0.15, 0.2) is 0 Å². The molecule has 0 amide bonds. The van der Waals surface area contributed by atoms with Crippen molar-refractivity contribution in [1.82, 2.24) is 5.32 Å². The first-order valence-electron chi connectivity index (χ1n) is 6.25. The summed E-state index contributed by atoms with van der Waals surface area (Å²) >= 11 is 0. The zero-order chi connectivity index (χ0) is 12.0. The van der Waals surface area contributed by atoms with Gasteiger partial charge in [0.05, 0.1) is 6.10 Å². The topological polar surface area (TPSA) is 58.6 Å². The van der Waals surface area contributed by atoms with Crippen LogP contribution in [0.15, 0.2) is 0 Å². The van der Waals surface area contributed by atoms with E-state index in [0.717, 1.165) is 32.3 Å². The molecule has 0 aromatic carbocycles. The van der Waals surface area contributed by atoms with Gasteiger partial charge in [0.25, 0.3) is 0 Å². The Morgan fingerprint density at radius 3 is 2.88 bits per heavy atom. The standard InChI is InChI=1S/C12H23NO3/c1-3-4-6-10(12(14)15)13-9(2)11-7-5-8-16-11/h9-11,13H,3-8H2,1-2H3,(H,14,15). The molecule has 3 atom stereocenters. The Bertz CT molecular complexity index is 214. The van der Waals surface area contributed by atoms with Crippen molar-refractivity contribution in [2.75, 3.05) is 6.61 Å². The largest absolute Gasteiger partial charge is 0.480 e. The summed E-state index contributed by atoms with van der Waals surface area (Å²) in [5.41, 5.74) is 0. The van der Waals surface area contributed by atoms with E-state index in [2.05, 4.69) is 12.2 Å². The predicted octanol–water partition coefficient (Wildman–Crippen LogP) is 1.79. The molecule has 94 valence electrons. The van der Waals surface area contributed by atoms with Gasteiger partial charge in [-0.2, -0.15) is 0 Å². The molecule has 0 aliphatic carbocycles. The zero-order valence-corrected chi connectivity index (χ0v) is 10.2. The molecular weight excluding hydrogens is 206 g/mol. The Morgan fingerprint density at radius 2 is 2.38 bits per heavy atom. The molecule has 0 aromatic rings. The lowest BCUT2D eigenvalue weighted by Crippen LogP contribution is -2.47. The number of carbonyl (C=O) groups is 1. The third-order valence-corrected chi connectivity index (χ3v) is 3.13. The van der Waals surface area contributed by atoms with Gasteiger partial charge in [-0.05, 0) is 26.2 Å². The molecule has 1 aliphatic heterocycles. The van der Waals surface area contributed by atoms with E-state index in [1.807, 2.05) is 6.92 Å². The van der Waals surface area contributed by atoms with E-state index >= 15 is 0 Å². The molecule has 3 unspecified atom stereocenters. The average Bonchev–Trinajstić information content (AvgIpc) is 2.76. The van der Waals surface area contributed by atoms with Crippen LogP contribution >= 0.6 is 0 Å². The number of rotatable bonds is 7. The second-order valence-corrected chi connectivity index (χ2v) is 4.54. The maximum Gasteiger partial charge on any atom is 0.320 e. The maximum atomic E-state index is 11.1. The van der Waals surface area contributed by atoms with Gasteiger partial charge in [0, 0.05) is 12.6 Å². The fourth-order valence-corrected chi connectivity index (χ4v) is 2.11. The van der Waals surface area contributed by atoms with Crippen LogP contribution in [0.1, 0.15) is 46.0 Å². The normalized spacial score (nSPS) is 24.2. The fraction of sp³-hybridized carbons (Fsp3) is 0.917. The van der Waals surface area contributed by atoms with Gasteiger partial charge >= 0.3 is 5.97 Å². The molecule has 1 aliphatic rings. The van der Waals surface area contributed by atoms with Gasteiger partial charge in [-0.1, -0.05) is 19.8 Å². The second-order valence-electron chi connectivity index (χ2n) is 4.54.